The normalized spacial score (nSPS) is 25.7. The lowest BCUT2D eigenvalue weighted by molar-refractivity contribution is -0.144. The number of fused-ring (bicyclic) bond motifs is 1. The third kappa shape index (κ3) is 4.71. The van der Waals surface area contributed by atoms with Crippen LogP contribution in [-0.4, -0.2) is 34.7 Å². The minimum Gasteiger partial charge on any atom is -0.490 e. The fourth-order valence-corrected chi connectivity index (χ4v) is 7.14. The molecular formula is C30H41NO3. The second-order valence-electron chi connectivity index (χ2n) is 11.3. The lowest BCUT2D eigenvalue weighted by Crippen LogP contribution is -2.43. The molecule has 0 bridgehead atoms. The van der Waals surface area contributed by atoms with Gasteiger partial charge < -0.3 is 9.84 Å². The Balaban J connectivity index is 1.40. The first-order chi connectivity index (χ1) is 16.5. The Labute approximate surface area is 204 Å². The number of nitrogens with zero attached hydrogens (tertiary/aromatic N) is 1. The number of benzene rings is 2. The average molecular weight is 464 g/mol. The fraction of sp³-hybridized carbons (Fsp3) is 0.633. The van der Waals surface area contributed by atoms with Crippen molar-refractivity contribution in [3.05, 3.63) is 41.5 Å². The van der Waals surface area contributed by atoms with E-state index in [0.717, 1.165) is 38.1 Å². The highest BCUT2D eigenvalue weighted by Gasteiger charge is 2.38. The van der Waals surface area contributed by atoms with Crippen LogP contribution in [0.1, 0.15) is 88.7 Å². The zero-order valence-electron chi connectivity index (χ0n) is 21.0. The van der Waals surface area contributed by atoms with Gasteiger partial charge in [-0.3, -0.25) is 9.69 Å². The molecule has 1 heterocycles. The maximum atomic E-state index is 11.6. The minimum atomic E-state index is -0.639. The third-order valence-electron chi connectivity index (χ3n) is 9.29. The van der Waals surface area contributed by atoms with Gasteiger partial charge in [0.2, 0.25) is 0 Å². The first-order valence-electron chi connectivity index (χ1n) is 13.6. The molecule has 1 aliphatic heterocycles. The molecule has 1 spiro atoms. The van der Waals surface area contributed by atoms with E-state index in [1.165, 1.54) is 73.3 Å². The SMILES string of the molecule is CCC1CC(C(=O)O)CCN1Cc1c(OC2CCC3(CCCC3)CC2)cc(C)c2ccccc12. The summed E-state index contributed by atoms with van der Waals surface area (Å²) in [6, 6.07) is 11.3. The quantitative estimate of drug-likeness (QED) is 0.496. The van der Waals surface area contributed by atoms with Crippen molar-refractivity contribution < 1.29 is 14.6 Å². The molecule has 0 radical (unpaired) electrons. The van der Waals surface area contributed by atoms with Gasteiger partial charge in [-0.2, -0.15) is 0 Å². The minimum absolute atomic E-state index is 0.211. The highest BCUT2D eigenvalue weighted by Crippen LogP contribution is 2.49. The number of aliphatic carboxylic acids is 1. The third-order valence-corrected chi connectivity index (χ3v) is 9.29. The molecule has 2 aromatic carbocycles. The van der Waals surface area contributed by atoms with Gasteiger partial charge in [0.1, 0.15) is 5.75 Å². The number of likely N-dealkylation sites (tertiary alicyclic amines) is 1. The molecule has 2 atom stereocenters. The van der Waals surface area contributed by atoms with Crippen molar-refractivity contribution in [2.45, 2.75) is 103 Å². The average Bonchev–Trinajstić information content (AvgIpc) is 3.31. The van der Waals surface area contributed by atoms with Crippen molar-refractivity contribution in [2.75, 3.05) is 6.54 Å². The van der Waals surface area contributed by atoms with Crippen LogP contribution in [0.4, 0.5) is 0 Å². The molecule has 0 aromatic heterocycles. The number of carboxylic acids is 1. The van der Waals surface area contributed by atoms with E-state index < -0.39 is 5.97 Å². The van der Waals surface area contributed by atoms with E-state index >= 15 is 0 Å². The van der Waals surface area contributed by atoms with Crippen LogP contribution in [0.5, 0.6) is 5.75 Å². The summed E-state index contributed by atoms with van der Waals surface area (Å²) in [6.07, 6.45) is 13.4. The number of hydrogen-bond donors (Lipinski definition) is 1. The van der Waals surface area contributed by atoms with E-state index in [4.69, 9.17) is 4.74 Å². The van der Waals surface area contributed by atoms with Gasteiger partial charge >= 0.3 is 5.97 Å². The molecule has 5 rings (SSSR count). The standard InChI is InChI=1S/C30H41NO3/c1-3-23-19-22(29(32)33)12-17-31(23)20-27-26-9-5-4-8-25(26)21(2)18-28(27)34-24-10-15-30(16-11-24)13-6-7-14-30/h4-5,8-9,18,22-24H,3,6-7,10-17,19-20H2,1-2H3,(H,32,33). The Hall–Kier alpha value is -2.07. The van der Waals surface area contributed by atoms with Crippen molar-refractivity contribution >= 4 is 16.7 Å². The molecular weight excluding hydrogens is 422 g/mol. The van der Waals surface area contributed by atoms with Crippen LogP contribution < -0.4 is 4.74 Å². The van der Waals surface area contributed by atoms with Crippen LogP contribution >= 0.6 is 0 Å². The molecule has 4 heteroatoms. The van der Waals surface area contributed by atoms with Crippen molar-refractivity contribution in [3.8, 4) is 5.75 Å². The summed E-state index contributed by atoms with van der Waals surface area (Å²) in [7, 11) is 0. The maximum absolute atomic E-state index is 11.6. The monoisotopic (exact) mass is 463 g/mol. The van der Waals surface area contributed by atoms with E-state index in [-0.39, 0.29) is 5.92 Å². The molecule has 3 aliphatic rings. The summed E-state index contributed by atoms with van der Waals surface area (Å²) in [5.41, 5.74) is 3.17. The lowest BCUT2D eigenvalue weighted by Gasteiger charge is -2.39. The van der Waals surface area contributed by atoms with Gasteiger partial charge in [-0.15, -0.1) is 0 Å². The Morgan fingerprint density at radius 3 is 2.47 bits per heavy atom. The first-order valence-corrected chi connectivity index (χ1v) is 13.6. The number of carbonyl (C=O) groups is 1. The van der Waals surface area contributed by atoms with Gasteiger partial charge in [0.25, 0.3) is 0 Å². The zero-order chi connectivity index (χ0) is 23.7. The number of carboxylic acid groups (broad SMARTS) is 1. The smallest absolute Gasteiger partial charge is 0.306 e. The van der Waals surface area contributed by atoms with Crippen molar-refractivity contribution in [3.63, 3.8) is 0 Å². The molecule has 2 aromatic rings. The Morgan fingerprint density at radius 2 is 1.79 bits per heavy atom. The van der Waals surface area contributed by atoms with Gasteiger partial charge in [0, 0.05) is 18.2 Å². The topological polar surface area (TPSA) is 49.8 Å². The van der Waals surface area contributed by atoms with Gasteiger partial charge in [-0.1, -0.05) is 44.0 Å². The van der Waals surface area contributed by atoms with Crippen molar-refractivity contribution in [1.29, 1.82) is 0 Å². The van der Waals surface area contributed by atoms with Crippen LogP contribution in [-0.2, 0) is 11.3 Å². The van der Waals surface area contributed by atoms with E-state index in [2.05, 4.69) is 49.1 Å². The van der Waals surface area contributed by atoms with Crippen LogP contribution in [0.25, 0.3) is 10.8 Å². The molecule has 2 aliphatic carbocycles. The van der Waals surface area contributed by atoms with E-state index in [9.17, 15) is 9.90 Å². The van der Waals surface area contributed by atoms with Crippen LogP contribution in [0, 0.1) is 18.3 Å². The lowest BCUT2D eigenvalue weighted by atomic mass is 9.72. The van der Waals surface area contributed by atoms with Gasteiger partial charge in [0.15, 0.2) is 0 Å². The van der Waals surface area contributed by atoms with E-state index in [1.54, 1.807) is 0 Å². The number of hydrogen-bond acceptors (Lipinski definition) is 3. The summed E-state index contributed by atoms with van der Waals surface area (Å²) in [6.45, 7) is 6.05. The molecule has 2 unspecified atom stereocenters. The van der Waals surface area contributed by atoms with Gasteiger partial charge in [0.05, 0.1) is 12.0 Å². The van der Waals surface area contributed by atoms with Crippen molar-refractivity contribution in [2.24, 2.45) is 11.3 Å². The Bertz CT molecular complexity index is 1020. The Kier molecular flexibility index (Phi) is 6.88. The fourth-order valence-electron chi connectivity index (χ4n) is 7.14. The first kappa shape index (κ1) is 23.7. The number of rotatable bonds is 6. The maximum Gasteiger partial charge on any atom is 0.306 e. The summed E-state index contributed by atoms with van der Waals surface area (Å²) in [4.78, 5) is 14.1. The zero-order valence-corrected chi connectivity index (χ0v) is 21.0. The summed E-state index contributed by atoms with van der Waals surface area (Å²) < 4.78 is 6.83. The summed E-state index contributed by atoms with van der Waals surface area (Å²) in [5.74, 6) is 0.204. The van der Waals surface area contributed by atoms with Crippen LogP contribution in [0.15, 0.2) is 30.3 Å². The van der Waals surface area contributed by atoms with Crippen LogP contribution in [0.3, 0.4) is 0 Å². The number of ether oxygens (including phenoxy) is 1. The number of piperidine rings is 1. The molecule has 4 nitrogen and oxygen atoms in total. The predicted octanol–water partition coefficient (Wildman–Crippen LogP) is 7.11. The molecule has 184 valence electrons. The van der Waals surface area contributed by atoms with Gasteiger partial charge in [-0.05, 0) is 99.1 Å². The molecule has 2 saturated carbocycles. The summed E-state index contributed by atoms with van der Waals surface area (Å²) in [5, 5.41) is 12.1. The largest absolute Gasteiger partial charge is 0.490 e. The molecule has 34 heavy (non-hydrogen) atoms. The highest BCUT2D eigenvalue weighted by molar-refractivity contribution is 5.90. The van der Waals surface area contributed by atoms with Crippen LogP contribution in [0.2, 0.25) is 0 Å². The van der Waals surface area contributed by atoms with E-state index in [0.29, 0.717) is 17.6 Å². The molecule has 3 fully saturated rings. The predicted molar refractivity (Wildman–Crippen MR) is 137 cm³/mol. The molecule has 0 amide bonds. The molecule has 1 saturated heterocycles. The van der Waals surface area contributed by atoms with E-state index in [1.807, 2.05) is 0 Å². The second-order valence-corrected chi connectivity index (χ2v) is 11.3. The number of aryl methyl sites for hydroxylation is 1. The highest BCUT2D eigenvalue weighted by atomic mass is 16.5. The van der Waals surface area contributed by atoms with Crippen molar-refractivity contribution in [1.82, 2.24) is 4.90 Å². The van der Waals surface area contributed by atoms with Gasteiger partial charge in [-0.25, -0.2) is 0 Å². The molecule has 1 N–H and O–H groups in total. The summed E-state index contributed by atoms with van der Waals surface area (Å²) >= 11 is 0. The second kappa shape index (κ2) is 9.89. The Morgan fingerprint density at radius 1 is 1.09 bits per heavy atom.